The number of carbonyl (C=O) groups is 1. The van der Waals surface area contributed by atoms with Crippen LogP contribution in [0, 0.1) is 0 Å². The first kappa shape index (κ1) is 17.0. The summed E-state index contributed by atoms with van der Waals surface area (Å²) in [4.78, 5) is 14.0. The van der Waals surface area contributed by atoms with Gasteiger partial charge in [-0.1, -0.05) is 13.8 Å². The van der Waals surface area contributed by atoms with E-state index in [4.69, 9.17) is 11.6 Å². The summed E-state index contributed by atoms with van der Waals surface area (Å²) in [5.41, 5.74) is 0.764. The monoisotopic (exact) mass is 300 g/mol. The number of carbonyl (C=O) groups excluding carboxylic acids is 1. The molecule has 20 heavy (non-hydrogen) atoms. The SMILES string of the molecule is CCN(CC)CCn1cc(NC(=O)CCCCCl)cn1. The quantitative estimate of drug-likeness (QED) is 0.534. The number of likely N-dealkylation sites (N-methyl/N-ethyl adjacent to an activating group) is 1. The summed E-state index contributed by atoms with van der Waals surface area (Å²) in [5, 5.41) is 7.12. The Morgan fingerprint density at radius 3 is 2.80 bits per heavy atom. The zero-order valence-electron chi connectivity index (χ0n) is 12.4. The van der Waals surface area contributed by atoms with Crippen LogP contribution in [0.3, 0.4) is 0 Å². The van der Waals surface area contributed by atoms with Crippen molar-refractivity contribution in [3.63, 3.8) is 0 Å². The molecule has 1 aromatic rings. The number of nitrogens with zero attached hydrogens (tertiary/aromatic N) is 3. The molecule has 1 rings (SSSR count). The lowest BCUT2D eigenvalue weighted by Gasteiger charge is -2.17. The first-order valence-corrected chi connectivity index (χ1v) is 7.83. The lowest BCUT2D eigenvalue weighted by atomic mass is 10.2. The summed E-state index contributed by atoms with van der Waals surface area (Å²) in [6.45, 7) is 8.20. The van der Waals surface area contributed by atoms with Crippen molar-refractivity contribution in [1.29, 1.82) is 0 Å². The Kier molecular flexibility index (Phi) is 8.30. The summed E-state index contributed by atoms with van der Waals surface area (Å²) < 4.78 is 1.87. The molecular weight excluding hydrogens is 276 g/mol. The molecule has 1 aromatic heterocycles. The number of amides is 1. The minimum atomic E-state index is 0.0263. The van der Waals surface area contributed by atoms with Gasteiger partial charge in [-0.2, -0.15) is 5.10 Å². The Labute approximate surface area is 126 Å². The average Bonchev–Trinajstić information content (AvgIpc) is 2.88. The van der Waals surface area contributed by atoms with Gasteiger partial charge in [0.1, 0.15) is 0 Å². The molecule has 0 atom stereocenters. The summed E-state index contributed by atoms with van der Waals surface area (Å²) in [6, 6.07) is 0. The van der Waals surface area contributed by atoms with E-state index >= 15 is 0 Å². The van der Waals surface area contributed by atoms with Gasteiger partial charge in [-0.15, -0.1) is 11.6 Å². The minimum absolute atomic E-state index is 0.0263. The van der Waals surface area contributed by atoms with Gasteiger partial charge in [0, 0.05) is 25.0 Å². The van der Waals surface area contributed by atoms with Gasteiger partial charge in [-0.05, 0) is 25.9 Å². The molecule has 0 aliphatic carbocycles. The highest BCUT2D eigenvalue weighted by atomic mass is 35.5. The van der Waals surface area contributed by atoms with E-state index in [1.54, 1.807) is 6.20 Å². The van der Waals surface area contributed by atoms with Gasteiger partial charge in [0.25, 0.3) is 0 Å². The summed E-state index contributed by atoms with van der Waals surface area (Å²) in [6.07, 6.45) is 5.78. The molecule has 0 spiro atoms. The topological polar surface area (TPSA) is 50.2 Å². The fourth-order valence-corrected chi connectivity index (χ4v) is 2.13. The average molecular weight is 301 g/mol. The van der Waals surface area contributed by atoms with Gasteiger partial charge in [-0.3, -0.25) is 9.48 Å². The predicted molar refractivity (Wildman–Crippen MR) is 83.2 cm³/mol. The molecule has 0 unspecified atom stereocenters. The van der Waals surface area contributed by atoms with E-state index in [0.717, 1.165) is 44.7 Å². The molecule has 5 nitrogen and oxygen atoms in total. The normalized spacial score (nSPS) is 11.0. The van der Waals surface area contributed by atoms with Crippen LogP contribution >= 0.6 is 11.6 Å². The van der Waals surface area contributed by atoms with Crippen molar-refractivity contribution in [2.75, 3.05) is 30.8 Å². The van der Waals surface area contributed by atoms with Gasteiger partial charge < -0.3 is 10.2 Å². The smallest absolute Gasteiger partial charge is 0.224 e. The van der Waals surface area contributed by atoms with Crippen molar-refractivity contribution in [1.82, 2.24) is 14.7 Å². The Hall–Kier alpha value is -1.07. The molecule has 0 saturated carbocycles. The van der Waals surface area contributed by atoms with E-state index in [-0.39, 0.29) is 5.91 Å². The fraction of sp³-hybridized carbons (Fsp3) is 0.714. The molecule has 1 heterocycles. The third kappa shape index (κ3) is 6.39. The van der Waals surface area contributed by atoms with Crippen molar-refractivity contribution < 1.29 is 4.79 Å². The second-order valence-electron chi connectivity index (χ2n) is 4.71. The van der Waals surface area contributed by atoms with Crippen LogP contribution in [-0.2, 0) is 11.3 Å². The Balaban J connectivity index is 2.33. The van der Waals surface area contributed by atoms with E-state index in [2.05, 4.69) is 29.2 Å². The molecule has 0 aliphatic rings. The second kappa shape index (κ2) is 9.77. The highest BCUT2D eigenvalue weighted by Gasteiger charge is 2.05. The number of hydrogen-bond donors (Lipinski definition) is 1. The molecule has 114 valence electrons. The van der Waals surface area contributed by atoms with Gasteiger partial charge in [0.15, 0.2) is 0 Å². The van der Waals surface area contributed by atoms with Crippen molar-refractivity contribution >= 4 is 23.2 Å². The van der Waals surface area contributed by atoms with Crippen molar-refractivity contribution in [3.05, 3.63) is 12.4 Å². The van der Waals surface area contributed by atoms with Crippen molar-refractivity contribution in [3.8, 4) is 0 Å². The zero-order valence-corrected chi connectivity index (χ0v) is 13.2. The summed E-state index contributed by atoms with van der Waals surface area (Å²) in [5.74, 6) is 0.634. The van der Waals surface area contributed by atoms with E-state index < -0.39 is 0 Å². The van der Waals surface area contributed by atoms with Crippen molar-refractivity contribution in [2.24, 2.45) is 0 Å². The van der Waals surface area contributed by atoms with Gasteiger partial charge >= 0.3 is 0 Å². The van der Waals surface area contributed by atoms with E-state index in [0.29, 0.717) is 12.3 Å². The number of alkyl halides is 1. The lowest BCUT2D eigenvalue weighted by molar-refractivity contribution is -0.116. The fourth-order valence-electron chi connectivity index (χ4n) is 1.94. The predicted octanol–water partition coefficient (Wildman–Crippen LogP) is 2.57. The Morgan fingerprint density at radius 2 is 2.15 bits per heavy atom. The number of nitrogens with one attached hydrogen (secondary N) is 1. The molecule has 0 fully saturated rings. The number of anilines is 1. The molecule has 0 aliphatic heterocycles. The second-order valence-corrected chi connectivity index (χ2v) is 5.09. The lowest BCUT2D eigenvalue weighted by Crippen LogP contribution is -2.27. The third-order valence-corrected chi connectivity index (χ3v) is 3.51. The van der Waals surface area contributed by atoms with Crippen LogP contribution in [0.5, 0.6) is 0 Å². The van der Waals surface area contributed by atoms with Gasteiger partial charge in [0.05, 0.1) is 18.4 Å². The Morgan fingerprint density at radius 1 is 1.40 bits per heavy atom. The van der Waals surface area contributed by atoms with Gasteiger partial charge in [-0.25, -0.2) is 0 Å². The number of hydrogen-bond acceptors (Lipinski definition) is 3. The molecule has 0 aromatic carbocycles. The van der Waals surface area contributed by atoms with Crippen LogP contribution in [0.1, 0.15) is 33.1 Å². The minimum Gasteiger partial charge on any atom is -0.323 e. The van der Waals surface area contributed by atoms with E-state index in [1.807, 2.05) is 10.9 Å². The van der Waals surface area contributed by atoms with Gasteiger partial charge in [0.2, 0.25) is 5.91 Å². The molecule has 0 bridgehead atoms. The number of aromatic nitrogens is 2. The highest BCUT2D eigenvalue weighted by Crippen LogP contribution is 2.07. The number of halogens is 1. The zero-order chi connectivity index (χ0) is 14.8. The maximum Gasteiger partial charge on any atom is 0.224 e. The van der Waals surface area contributed by atoms with Crippen LogP contribution in [0.15, 0.2) is 12.4 Å². The number of rotatable bonds is 10. The Bertz CT molecular complexity index is 390. The molecule has 1 N–H and O–H groups in total. The third-order valence-electron chi connectivity index (χ3n) is 3.24. The summed E-state index contributed by atoms with van der Waals surface area (Å²) >= 11 is 5.58. The van der Waals surface area contributed by atoms with E-state index in [1.165, 1.54) is 0 Å². The number of unbranched alkanes of at least 4 members (excludes halogenated alkanes) is 1. The van der Waals surface area contributed by atoms with Crippen LogP contribution < -0.4 is 5.32 Å². The molecule has 0 saturated heterocycles. The van der Waals surface area contributed by atoms with Crippen LogP contribution in [0.25, 0.3) is 0 Å². The van der Waals surface area contributed by atoms with Crippen LogP contribution in [0.4, 0.5) is 5.69 Å². The van der Waals surface area contributed by atoms with Crippen molar-refractivity contribution in [2.45, 2.75) is 39.7 Å². The molecular formula is C14H25ClN4O. The highest BCUT2D eigenvalue weighted by molar-refractivity contribution is 6.17. The first-order valence-electron chi connectivity index (χ1n) is 7.30. The maximum absolute atomic E-state index is 11.7. The standard InChI is InChI=1S/C14H25ClN4O/c1-3-18(4-2)9-10-19-12-13(11-16-19)17-14(20)7-5-6-8-15/h11-12H,3-10H2,1-2H3,(H,17,20). The molecule has 1 amide bonds. The molecule has 6 heteroatoms. The largest absolute Gasteiger partial charge is 0.323 e. The van der Waals surface area contributed by atoms with E-state index in [9.17, 15) is 4.79 Å². The van der Waals surface area contributed by atoms with Crippen LogP contribution in [-0.4, -0.2) is 46.1 Å². The molecule has 0 radical (unpaired) electrons. The summed E-state index contributed by atoms with van der Waals surface area (Å²) in [7, 11) is 0. The van der Waals surface area contributed by atoms with Crippen LogP contribution in [0.2, 0.25) is 0 Å². The first-order chi connectivity index (χ1) is 9.69. The maximum atomic E-state index is 11.7.